The van der Waals surface area contributed by atoms with Crippen molar-refractivity contribution in [2.45, 2.75) is 32.9 Å². The fraction of sp³-hybridized carbons (Fsp3) is 0.263. The Kier molecular flexibility index (Phi) is 8.13. The van der Waals surface area contributed by atoms with Gasteiger partial charge in [0.15, 0.2) is 0 Å². The van der Waals surface area contributed by atoms with E-state index < -0.39 is 24.0 Å². The molecule has 0 aliphatic heterocycles. The van der Waals surface area contributed by atoms with Gasteiger partial charge in [-0.2, -0.15) is 0 Å². The summed E-state index contributed by atoms with van der Waals surface area (Å²) in [5, 5.41) is 20.5. The Labute approximate surface area is 147 Å². The average Bonchev–Trinajstić information content (AvgIpc) is 2.62. The van der Waals surface area contributed by atoms with Gasteiger partial charge in [-0.25, -0.2) is 5.48 Å². The summed E-state index contributed by atoms with van der Waals surface area (Å²) in [7, 11) is 0. The highest BCUT2D eigenvalue weighted by Crippen LogP contribution is 2.05. The van der Waals surface area contributed by atoms with E-state index in [9.17, 15) is 14.7 Å². The van der Waals surface area contributed by atoms with Gasteiger partial charge in [0.05, 0.1) is 6.10 Å². The van der Waals surface area contributed by atoms with E-state index in [2.05, 4.69) is 17.2 Å². The minimum absolute atomic E-state index is 0.307. The SMILES string of the molecule is C/C=C\C(C#Cc1ccc(C(=O)N[C@H](C(=O)NO)[C@@H](C)O)cc1)=C/C. The molecule has 132 valence electrons. The first kappa shape index (κ1) is 20.2. The van der Waals surface area contributed by atoms with Gasteiger partial charge in [-0.15, -0.1) is 0 Å². The minimum atomic E-state index is -1.25. The molecule has 0 aliphatic rings. The van der Waals surface area contributed by atoms with Crippen LogP contribution >= 0.6 is 0 Å². The molecule has 0 bridgehead atoms. The van der Waals surface area contributed by atoms with E-state index in [4.69, 9.17) is 5.21 Å². The smallest absolute Gasteiger partial charge is 0.268 e. The Bertz CT molecular complexity index is 722. The monoisotopic (exact) mass is 342 g/mol. The average molecular weight is 342 g/mol. The van der Waals surface area contributed by atoms with E-state index in [0.29, 0.717) is 5.56 Å². The number of carbonyl (C=O) groups is 2. The van der Waals surface area contributed by atoms with Crippen LogP contribution in [0.5, 0.6) is 0 Å². The van der Waals surface area contributed by atoms with Gasteiger partial charge in [-0.3, -0.25) is 14.8 Å². The first-order chi connectivity index (χ1) is 11.9. The molecule has 0 radical (unpaired) electrons. The van der Waals surface area contributed by atoms with Crippen molar-refractivity contribution in [1.82, 2.24) is 10.8 Å². The maximum Gasteiger partial charge on any atom is 0.268 e. The number of hydrogen-bond donors (Lipinski definition) is 4. The summed E-state index contributed by atoms with van der Waals surface area (Å²) >= 11 is 0. The van der Waals surface area contributed by atoms with Crippen LogP contribution < -0.4 is 10.8 Å². The summed E-state index contributed by atoms with van der Waals surface area (Å²) in [6.45, 7) is 5.15. The molecular formula is C19H22N2O4. The molecule has 25 heavy (non-hydrogen) atoms. The minimum Gasteiger partial charge on any atom is -0.391 e. The van der Waals surface area contributed by atoms with Gasteiger partial charge in [0.2, 0.25) is 0 Å². The summed E-state index contributed by atoms with van der Waals surface area (Å²) in [6, 6.07) is 5.26. The van der Waals surface area contributed by atoms with Crippen molar-refractivity contribution in [2.75, 3.05) is 0 Å². The lowest BCUT2D eigenvalue weighted by molar-refractivity contribution is -0.133. The number of hydroxylamine groups is 1. The van der Waals surface area contributed by atoms with Crippen molar-refractivity contribution in [3.63, 3.8) is 0 Å². The van der Waals surface area contributed by atoms with Gasteiger partial charge >= 0.3 is 0 Å². The van der Waals surface area contributed by atoms with E-state index in [1.54, 1.807) is 24.3 Å². The van der Waals surface area contributed by atoms with Crippen molar-refractivity contribution < 1.29 is 19.9 Å². The predicted octanol–water partition coefficient (Wildman–Crippen LogP) is 1.55. The Hall–Kier alpha value is -2.88. The van der Waals surface area contributed by atoms with Crippen LogP contribution in [0, 0.1) is 11.8 Å². The van der Waals surface area contributed by atoms with Gasteiger partial charge in [-0.1, -0.05) is 30.1 Å². The molecule has 0 aromatic heterocycles. The third-order valence-corrected chi connectivity index (χ3v) is 3.32. The maximum absolute atomic E-state index is 12.2. The van der Waals surface area contributed by atoms with Crippen LogP contribution in [0.1, 0.15) is 36.7 Å². The Morgan fingerprint density at radius 2 is 1.84 bits per heavy atom. The second kappa shape index (κ2) is 10.1. The fourth-order valence-corrected chi connectivity index (χ4v) is 1.94. The molecule has 1 aromatic rings. The molecule has 6 heteroatoms. The quantitative estimate of drug-likeness (QED) is 0.282. The number of carbonyl (C=O) groups excluding carboxylic acids is 2. The van der Waals surface area contributed by atoms with Crippen molar-refractivity contribution in [3.05, 3.63) is 59.2 Å². The number of amides is 2. The van der Waals surface area contributed by atoms with E-state index in [0.717, 1.165) is 11.1 Å². The number of aliphatic hydroxyl groups excluding tert-OH is 1. The fourth-order valence-electron chi connectivity index (χ4n) is 1.94. The number of benzene rings is 1. The molecular weight excluding hydrogens is 320 g/mol. The molecule has 1 rings (SSSR count). The number of allylic oxidation sites excluding steroid dienone is 4. The van der Waals surface area contributed by atoms with Crippen molar-refractivity contribution in [2.24, 2.45) is 0 Å². The molecule has 0 spiro atoms. The number of hydrogen-bond acceptors (Lipinski definition) is 4. The largest absolute Gasteiger partial charge is 0.391 e. The van der Waals surface area contributed by atoms with Crippen LogP contribution in [0.2, 0.25) is 0 Å². The topological polar surface area (TPSA) is 98.7 Å². The zero-order valence-electron chi connectivity index (χ0n) is 14.4. The molecule has 1 aromatic carbocycles. The first-order valence-corrected chi connectivity index (χ1v) is 7.76. The number of rotatable bonds is 5. The highest BCUT2D eigenvalue weighted by molar-refractivity contribution is 5.97. The van der Waals surface area contributed by atoms with Gasteiger partial charge in [0.25, 0.3) is 11.8 Å². The van der Waals surface area contributed by atoms with Crippen LogP contribution in [0.3, 0.4) is 0 Å². The van der Waals surface area contributed by atoms with E-state index in [1.165, 1.54) is 12.4 Å². The van der Waals surface area contributed by atoms with Gasteiger partial charge in [0.1, 0.15) is 6.04 Å². The lowest BCUT2D eigenvalue weighted by Gasteiger charge is -2.19. The van der Waals surface area contributed by atoms with Crippen LogP contribution in [0.15, 0.2) is 48.1 Å². The zero-order chi connectivity index (χ0) is 18.8. The number of aliphatic hydroxyl groups is 1. The van der Waals surface area contributed by atoms with Gasteiger partial charge in [0, 0.05) is 16.7 Å². The van der Waals surface area contributed by atoms with E-state index >= 15 is 0 Å². The third-order valence-electron chi connectivity index (χ3n) is 3.32. The Balaban J connectivity index is 2.87. The molecule has 0 unspecified atom stereocenters. The van der Waals surface area contributed by atoms with Crippen LogP contribution in [-0.4, -0.2) is 34.3 Å². The number of nitrogens with one attached hydrogen (secondary N) is 2. The molecule has 0 saturated carbocycles. The Morgan fingerprint density at radius 1 is 1.20 bits per heavy atom. The standard InChI is InChI=1S/C19H22N2O4/c1-4-6-14(5-2)7-8-15-9-11-16(12-10-15)18(23)20-17(13(3)22)19(24)21-25/h4-6,9-13,17,22,25H,1-3H3,(H,20,23)(H,21,24)/b6-4-,14-5+/t13-,17+/m1/s1. The van der Waals surface area contributed by atoms with Gasteiger partial charge < -0.3 is 10.4 Å². The van der Waals surface area contributed by atoms with Crippen molar-refractivity contribution in [1.29, 1.82) is 0 Å². The highest BCUT2D eigenvalue weighted by Gasteiger charge is 2.25. The second-order valence-electron chi connectivity index (χ2n) is 5.24. The highest BCUT2D eigenvalue weighted by atomic mass is 16.5. The molecule has 4 N–H and O–H groups in total. The van der Waals surface area contributed by atoms with E-state index in [-0.39, 0.29) is 0 Å². The summed E-state index contributed by atoms with van der Waals surface area (Å²) in [5.41, 5.74) is 3.34. The molecule has 0 aliphatic carbocycles. The van der Waals surface area contributed by atoms with Crippen LogP contribution in [0.4, 0.5) is 0 Å². The van der Waals surface area contributed by atoms with Crippen molar-refractivity contribution in [3.8, 4) is 11.8 Å². The first-order valence-electron chi connectivity index (χ1n) is 7.76. The molecule has 2 amide bonds. The summed E-state index contributed by atoms with van der Waals surface area (Å²) in [6.07, 6.45) is 4.54. The summed E-state index contributed by atoms with van der Waals surface area (Å²) in [4.78, 5) is 23.6. The lowest BCUT2D eigenvalue weighted by atomic mass is 10.1. The van der Waals surface area contributed by atoms with Gasteiger partial charge in [-0.05, 0) is 45.0 Å². The molecule has 0 saturated heterocycles. The molecule has 0 heterocycles. The Morgan fingerprint density at radius 3 is 2.32 bits per heavy atom. The van der Waals surface area contributed by atoms with Crippen molar-refractivity contribution >= 4 is 11.8 Å². The summed E-state index contributed by atoms with van der Waals surface area (Å²) in [5.74, 6) is 4.57. The second-order valence-corrected chi connectivity index (χ2v) is 5.24. The molecule has 6 nitrogen and oxygen atoms in total. The third kappa shape index (κ3) is 6.26. The maximum atomic E-state index is 12.2. The molecule has 0 fully saturated rings. The zero-order valence-corrected chi connectivity index (χ0v) is 14.4. The van der Waals surface area contributed by atoms with Crippen LogP contribution in [0.25, 0.3) is 0 Å². The molecule has 2 atom stereocenters. The summed E-state index contributed by atoms with van der Waals surface area (Å²) < 4.78 is 0. The van der Waals surface area contributed by atoms with Crippen LogP contribution in [-0.2, 0) is 4.79 Å². The lowest BCUT2D eigenvalue weighted by Crippen LogP contribution is -2.51. The normalized spacial score (nSPS) is 13.6. The van der Waals surface area contributed by atoms with E-state index in [1.807, 2.05) is 32.1 Å². The predicted molar refractivity (Wildman–Crippen MR) is 94.8 cm³/mol.